The number of amides is 1. The molecule has 0 radical (unpaired) electrons. The molecule has 0 bridgehead atoms. The Labute approximate surface area is 121 Å². The van der Waals surface area contributed by atoms with Gasteiger partial charge in [0, 0.05) is 12.1 Å². The van der Waals surface area contributed by atoms with E-state index in [-0.39, 0.29) is 11.4 Å². The van der Waals surface area contributed by atoms with Crippen LogP contribution in [0.15, 0.2) is 24.3 Å². The van der Waals surface area contributed by atoms with Gasteiger partial charge in [-0.15, -0.1) is 0 Å². The molecule has 0 fully saturated rings. The van der Waals surface area contributed by atoms with Crippen LogP contribution in [-0.4, -0.2) is 24.6 Å². The topological polar surface area (TPSA) is 50.4 Å². The van der Waals surface area contributed by atoms with Crippen molar-refractivity contribution in [1.29, 1.82) is 0 Å². The van der Waals surface area contributed by atoms with E-state index in [1.54, 1.807) is 6.92 Å². The van der Waals surface area contributed by atoms with Gasteiger partial charge in [0.25, 0.3) is 5.91 Å². The number of benzene rings is 1. The molecule has 0 aromatic heterocycles. The molecule has 1 atom stereocenters. The van der Waals surface area contributed by atoms with E-state index in [4.69, 9.17) is 4.74 Å². The van der Waals surface area contributed by atoms with Gasteiger partial charge in [-0.3, -0.25) is 4.79 Å². The minimum atomic E-state index is -0.509. The summed E-state index contributed by atoms with van der Waals surface area (Å²) in [5.74, 6) is 0.630. The molecule has 1 amide bonds. The standard InChI is InChI=1S/C16H26N2O2/c1-6-16(3,4)18-15(19)12(2)20-14-9-7-8-13(10-14)11-17-5/h7-10,12,17H,6,11H2,1-5H3,(H,18,19). The Kier molecular flexibility index (Phi) is 6.02. The van der Waals surface area contributed by atoms with E-state index >= 15 is 0 Å². The molecule has 0 saturated heterocycles. The number of carbonyl (C=O) groups is 1. The van der Waals surface area contributed by atoms with Gasteiger partial charge in [0.05, 0.1) is 0 Å². The van der Waals surface area contributed by atoms with Crippen molar-refractivity contribution in [2.24, 2.45) is 0 Å². The lowest BCUT2D eigenvalue weighted by Crippen LogP contribution is -2.48. The first kappa shape index (κ1) is 16.5. The van der Waals surface area contributed by atoms with Gasteiger partial charge in [0.2, 0.25) is 0 Å². The predicted molar refractivity (Wildman–Crippen MR) is 81.8 cm³/mol. The molecule has 0 saturated carbocycles. The van der Waals surface area contributed by atoms with E-state index in [9.17, 15) is 4.79 Å². The quantitative estimate of drug-likeness (QED) is 0.805. The number of ether oxygens (including phenoxy) is 1. The van der Waals surface area contributed by atoms with Crippen LogP contribution in [0.25, 0.3) is 0 Å². The maximum absolute atomic E-state index is 12.1. The molecule has 1 rings (SSSR count). The van der Waals surface area contributed by atoms with Gasteiger partial charge in [-0.05, 0) is 51.9 Å². The van der Waals surface area contributed by atoms with Crippen molar-refractivity contribution in [1.82, 2.24) is 10.6 Å². The summed E-state index contributed by atoms with van der Waals surface area (Å²) in [6.07, 6.45) is 0.369. The Hall–Kier alpha value is -1.55. The fourth-order valence-electron chi connectivity index (χ4n) is 1.71. The lowest BCUT2D eigenvalue weighted by molar-refractivity contribution is -0.128. The predicted octanol–water partition coefficient (Wildman–Crippen LogP) is 2.48. The fourth-order valence-corrected chi connectivity index (χ4v) is 1.71. The Morgan fingerprint density at radius 2 is 2.10 bits per heavy atom. The van der Waals surface area contributed by atoms with Crippen molar-refractivity contribution in [3.8, 4) is 5.75 Å². The molecule has 1 aromatic carbocycles. The van der Waals surface area contributed by atoms with E-state index in [2.05, 4.69) is 10.6 Å². The Morgan fingerprint density at radius 1 is 1.40 bits per heavy atom. The highest BCUT2D eigenvalue weighted by Gasteiger charge is 2.22. The zero-order valence-electron chi connectivity index (χ0n) is 13.1. The number of hydrogen-bond donors (Lipinski definition) is 2. The molecule has 0 heterocycles. The van der Waals surface area contributed by atoms with E-state index in [1.165, 1.54) is 0 Å². The van der Waals surface area contributed by atoms with E-state index in [0.29, 0.717) is 0 Å². The average Bonchev–Trinajstić information content (AvgIpc) is 2.39. The second-order valence-corrected chi connectivity index (χ2v) is 5.66. The van der Waals surface area contributed by atoms with Crippen molar-refractivity contribution in [2.45, 2.75) is 52.3 Å². The molecule has 1 aromatic rings. The zero-order valence-corrected chi connectivity index (χ0v) is 13.1. The first-order valence-corrected chi connectivity index (χ1v) is 7.10. The highest BCUT2D eigenvalue weighted by molar-refractivity contribution is 5.81. The Balaban J connectivity index is 2.63. The highest BCUT2D eigenvalue weighted by atomic mass is 16.5. The van der Waals surface area contributed by atoms with E-state index in [1.807, 2.05) is 52.1 Å². The summed E-state index contributed by atoms with van der Waals surface area (Å²) >= 11 is 0. The van der Waals surface area contributed by atoms with Gasteiger partial charge in [0.15, 0.2) is 6.10 Å². The van der Waals surface area contributed by atoms with Gasteiger partial charge in [-0.2, -0.15) is 0 Å². The summed E-state index contributed by atoms with van der Waals surface area (Å²) in [5.41, 5.74) is 0.925. The SMILES string of the molecule is CCC(C)(C)NC(=O)C(C)Oc1cccc(CNC)c1. The van der Waals surface area contributed by atoms with E-state index in [0.717, 1.165) is 24.3 Å². The normalized spacial score (nSPS) is 12.8. The van der Waals surface area contributed by atoms with Crippen molar-refractivity contribution >= 4 is 5.91 Å². The summed E-state index contributed by atoms with van der Waals surface area (Å²) < 4.78 is 5.71. The van der Waals surface area contributed by atoms with Gasteiger partial charge in [-0.1, -0.05) is 19.1 Å². The number of carbonyl (C=O) groups excluding carboxylic acids is 1. The lowest BCUT2D eigenvalue weighted by atomic mass is 10.0. The zero-order chi connectivity index (χ0) is 15.2. The summed E-state index contributed by atoms with van der Waals surface area (Å²) in [5, 5.41) is 6.08. The summed E-state index contributed by atoms with van der Waals surface area (Å²) in [7, 11) is 1.90. The van der Waals surface area contributed by atoms with Gasteiger partial charge in [-0.25, -0.2) is 0 Å². The first-order chi connectivity index (χ1) is 9.38. The molecule has 2 N–H and O–H groups in total. The third kappa shape index (κ3) is 5.21. The minimum Gasteiger partial charge on any atom is -0.481 e. The first-order valence-electron chi connectivity index (χ1n) is 7.10. The maximum Gasteiger partial charge on any atom is 0.261 e. The smallest absolute Gasteiger partial charge is 0.261 e. The molecule has 20 heavy (non-hydrogen) atoms. The maximum atomic E-state index is 12.1. The summed E-state index contributed by atoms with van der Waals surface area (Å²) in [4.78, 5) is 12.1. The third-order valence-corrected chi connectivity index (χ3v) is 3.31. The van der Waals surface area contributed by atoms with Crippen LogP contribution in [-0.2, 0) is 11.3 Å². The van der Waals surface area contributed by atoms with E-state index < -0.39 is 6.10 Å². The second kappa shape index (κ2) is 7.29. The number of rotatable bonds is 7. The van der Waals surface area contributed by atoms with Crippen LogP contribution in [0.4, 0.5) is 0 Å². The second-order valence-electron chi connectivity index (χ2n) is 5.66. The molecule has 4 nitrogen and oxygen atoms in total. The highest BCUT2D eigenvalue weighted by Crippen LogP contribution is 2.15. The fraction of sp³-hybridized carbons (Fsp3) is 0.562. The Morgan fingerprint density at radius 3 is 2.70 bits per heavy atom. The number of nitrogens with one attached hydrogen (secondary N) is 2. The number of hydrogen-bond acceptors (Lipinski definition) is 3. The minimum absolute atomic E-state index is 0.0872. The molecule has 4 heteroatoms. The van der Waals surface area contributed by atoms with Crippen LogP contribution in [0, 0.1) is 0 Å². The van der Waals surface area contributed by atoms with Crippen molar-refractivity contribution in [3.63, 3.8) is 0 Å². The van der Waals surface area contributed by atoms with Crippen LogP contribution in [0.5, 0.6) is 5.75 Å². The van der Waals surface area contributed by atoms with Gasteiger partial charge < -0.3 is 15.4 Å². The lowest BCUT2D eigenvalue weighted by Gasteiger charge is -2.26. The van der Waals surface area contributed by atoms with Gasteiger partial charge in [0.1, 0.15) is 5.75 Å². The molecular weight excluding hydrogens is 252 g/mol. The van der Waals surface area contributed by atoms with Crippen LogP contribution >= 0.6 is 0 Å². The van der Waals surface area contributed by atoms with Crippen molar-refractivity contribution in [3.05, 3.63) is 29.8 Å². The molecule has 0 aliphatic carbocycles. The molecule has 0 spiro atoms. The average molecular weight is 278 g/mol. The van der Waals surface area contributed by atoms with Crippen LogP contribution in [0.2, 0.25) is 0 Å². The van der Waals surface area contributed by atoms with Crippen LogP contribution < -0.4 is 15.4 Å². The van der Waals surface area contributed by atoms with Crippen molar-refractivity contribution < 1.29 is 9.53 Å². The van der Waals surface area contributed by atoms with Crippen LogP contribution in [0.1, 0.15) is 39.7 Å². The van der Waals surface area contributed by atoms with Crippen LogP contribution in [0.3, 0.4) is 0 Å². The molecule has 0 aliphatic heterocycles. The third-order valence-electron chi connectivity index (χ3n) is 3.31. The largest absolute Gasteiger partial charge is 0.481 e. The molecular formula is C16H26N2O2. The Bertz CT molecular complexity index is 444. The summed E-state index contributed by atoms with van der Waals surface area (Å²) in [6.45, 7) is 8.61. The van der Waals surface area contributed by atoms with Gasteiger partial charge >= 0.3 is 0 Å². The molecule has 112 valence electrons. The molecule has 1 unspecified atom stereocenters. The monoisotopic (exact) mass is 278 g/mol. The van der Waals surface area contributed by atoms with Crippen molar-refractivity contribution in [2.75, 3.05) is 7.05 Å². The molecule has 0 aliphatic rings. The summed E-state index contributed by atoms with van der Waals surface area (Å²) in [6, 6.07) is 7.77.